The molecule has 2 aromatic rings. The van der Waals surface area contributed by atoms with E-state index in [-0.39, 0.29) is 11.9 Å². The number of hydrogen-bond acceptors (Lipinski definition) is 4. The van der Waals surface area contributed by atoms with Crippen LogP contribution < -0.4 is 10.1 Å². The predicted molar refractivity (Wildman–Crippen MR) is 106 cm³/mol. The fourth-order valence-electron chi connectivity index (χ4n) is 4.64. The van der Waals surface area contributed by atoms with Crippen LogP contribution in [0.3, 0.4) is 0 Å². The maximum atomic E-state index is 12.6. The number of fused-ring (bicyclic) bond motifs is 1. The molecular formula is C22H30N2O3. The lowest BCUT2D eigenvalue weighted by Gasteiger charge is -2.26. The highest BCUT2D eigenvalue weighted by atomic mass is 16.5. The van der Waals surface area contributed by atoms with Crippen LogP contribution in [-0.4, -0.2) is 43.1 Å². The van der Waals surface area contributed by atoms with Crippen LogP contribution in [0.15, 0.2) is 28.9 Å². The first-order valence-corrected chi connectivity index (χ1v) is 10.3. The standard InChI is InChI=1S/C22H30N2O3/c1-26-19-8-9-20-16(15-27-21(20)13-19)12-22(25)23-17-10-11-24(14-17)18-6-4-2-3-5-7-18/h8-9,13,15,17-18H,2-7,10-12,14H2,1H3,(H,23,25). The van der Waals surface area contributed by atoms with Crippen molar-refractivity contribution in [2.45, 2.75) is 63.5 Å². The van der Waals surface area contributed by atoms with Crippen LogP contribution in [-0.2, 0) is 11.2 Å². The first-order valence-electron chi connectivity index (χ1n) is 10.3. The number of nitrogens with one attached hydrogen (secondary N) is 1. The molecule has 5 nitrogen and oxygen atoms in total. The molecule has 2 heterocycles. The number of carbonyl (C=O) groups is 1. The number of benzene rings is 1. The van der Waals surface area contributed by atoms with E-state index in [1.165, 1.54) is 38.5 Å². The van der Waals surface area contributed by atoms with E-state index in [9.17, 15) is 4.79 Å². The molecule has 4 rings (SSSR count). The molecule has 0 bridgehead atoms. The summed E-state index contributed by atoms with van der Waals surface area (Å²) in [6, 6.07) is 6.73. The number of hydrogen-bond donors (Lipinski definition) is 1. The zero-order valence-corrected chi connectivity index (χ0v) is 16.2. The fourth-order valence-corrected chi connectivity index (χ4v) is 4.64. The molecule has 1 aromatic heterocycles. The van der Waals surface area contributed by atoms with E-state index in [0.717, 1.165) is 47.8 Å². The van der Waals surface area contributed by atoms with E-state index >= 15 is 0 Å². The Bertz CT molecular complexity index is 777. The third-order valence-corrected chi connectivity index (χ3v) is 6.14. The van der Waals surface area contributed by atoms with Gasteiger partial charge in [-0.05, 0) is 31.4 Å². The van der Waals surface area contributed by atoms with Crippen LogP contribution in [0.5, 0.6) is 5.75 Å². The zero-order chi connectivity index (χ0) is 18.6. The Balaban J connectivity index is 1.32. The van der Waals surface area contributed by atoms with Gasteiger partial charge in [0.1, 0.15) is 11.3 Å². The molecule has 1 amide bonds. The van der Waals surface area contributed by atoms with Crippen molar-refractivity contribution in [3.63, 3.8) is 0 Å². The summed E-state index contributed by atoms with van der Waals surface area (Å²) in [5, 5.41) is 4.23. The summed E-state index contributed by atoms with van der Waals surface area (Å²) in [6.45, 7) is 2.11. The van der Waals surface area contributed by atoms with Crippen molar-refractivity contribution in [2.24, 2.45) is 0 Å². The lowest BCUT2D eigenvalue weighted by molar-refractivity contribution is -0.121. The quantitative estimate of drug-likeness (QED) is 0.811. The second kappa shape index (κ2) is 8.34. The molecule has 2 fully saturated rings. The van der Waals surface area contributed by atoms with Crippen LogP contribution in [0.2, 0.25) is 0 Å². The van der Waals surface area contributed by atoms with Crippen molar-refractivity contribution in [3.8, 4) is 5.75 Å². The van der Waals surface area contributed by atoms with Crippen molar-refractivity contribution in [1.82, 2.24) is 10.2 Å². The number of amides is 1. The Labute approximate surface area is 161 Å². The highest BCUT2D eigenvalue weighted by molar-refractivity contribution is 5.88. The molecule has 0 radical (unpaired) electrons. The molecule has 1 unspecified atom stereocenters. The molecule has 1 aliphatic carbocycles. The van der Waals surface area contributed by atoms with E-state index in [2.05, 4.69) is 10.2 Å². The van der Waals surface area contributed by atoms with E-state index in [1.807, 2.05) is 18.2 Å². The summed E-state index contributed by atoms with van der Waals surface area (Å²) in [4.78, 5) is 15.2. The van der Waals surface area contributed by atoms with Crippen LogP contribution in [0, 0.1) is 0 Å². The number of methoxy groups -OCH3 is 1. The Morgan fingerprint density at radius 2 is 2.04 bits per heavy atom. The Hall–Kier alpha value is -2.01. The summed E-state index contributed by atoms with van der Waals surface area (Å²) < 4.78 is 10.8. The lowest BCUT2D eigenvalue weighted by Crippen LogP contribution is -2.40. The maximum Gasteiger partial charge on any atom is 0.224 e. The molecule has 1 aromatic carbocycles. The largest absolute Gasteiger partial charge is 0.497 e. The van der Waals surface area contributed by atoms with E-state index in [4.69, 9.17) is 9.15 Å². The van der Waals surface area contributed by atoms with Crippen molar-refractivity contribution >= 4 is 16.9 Å². The third kappa shape index (κ3) is 4.29. The van der Waals surface area contributed by atoms with Crippen molar-refractivity contribution in [2.75, 3.05) is 20.2 Å². The topological polar surface area (TPSA) is 54.7 Å². The van der Waals surface area contributed by atoms with Crippen molar-refractivity contribution in [3.05, 3.63) is 30.0 Å². The molecule has 1 saturated carbocycles. The van der Waals surface area contributed by atoms with Gasteiger partial charge in [-0.15, -0.1) is 0 Å². The van der Waals surface area contributed by atoms with Gasteiger partial charge < -0.3 is 14.5 Å². The van der Waals surface area contributed by atoms with Gasteiger partial charge in [-0.25, -0.2) is 0 Å². The summed E-state index contributed by atoms with van der Waals surface area (Å²) >= 11 is 0. The Kier molecular flexibility index (Phi) is 5.67. The SMILES string of the molecule is COc1ccc2c(CC(=O)NC3CCN(C4CCCCCC4)C3)coc2c1. The van der Waals surface area contributed by atoms with Gasteiger partial charge in [0.15, 0.2) is 0 Å². The molecule has 2 aliphatic rings. The molecule has 1 N–H and O–H groups in total. The minimum absolute atomic E-state index is 0.0845. The molecule has 146 valence electrons. The minimum Gasteiger partial charge on any atom is -0.497 e. The normalized spacial score (nSPS) is 22.0. The Morgan fingerprint density at radius 3 is 2.81 bits per heavy atom. The monoisotopic (exact) mass is 370 g/mol. The van der Waals surface area contributed by atoms with E-state index in [1.54, 1.807) is 13.4 Å². The number of ether oxygens (including phenoxy) is 1. The first-order chi connectivity index (χ1) is 13.2. The Morgan fingerprint density at radius 1 is 1.22 bits per heavy atom. The number of likely N-dealkylation sites (tertiary alicyclic amines) is 1. The second-order valence-electron chi connectivity index (χ2n) is 7.99. The van der Waals surface area contributed by atoms with Gasteiger partial charge in [-0.1, -0.05) is 25.7 Å². The zero-order valence-electron chi connectivity index (χ0n) is 16.2. The van der Waals surface area contributed by atoms with Gasteiger partial charge in [0.25, 0.3) is 0 Å². The van der Waals surface area contributed by atoms with Gasteiger partial charge in [0, 0.05) is 42.2 Å². The van der Waals surface area contributed by atoms with Crippen LogP contribution in [0.4, 0.5) is 0 Å². The number of carbonyl (C=O) groups excluding carboxylic acids is 1. The van der Waals surface area contributed by atoms with Crippen molar-refractivity contribution < 1.29 is 13.9 Å². The highest BCUT2D eigenvalue weighted by Gasteiger charge is 2.29. The molecule has 1 atom stereocenters. The molecule has 27 heavy (non-hydrogen) atoms. The number of nitrogens with zero attached hydrogens (tertiary/aromatic N) is 1. The average molecular weight is 370 g/mol. The lowest BCUT2D eigenvalue weighted by atomic mass is 10.1. The number of rotatable bonds is 5. The van der Waals surface area contributed by atoms with Gasteiger partial charge in [0.2, 0.25) is 5.91 Å². The molecule has 1 saturated heterocycles. The third-order valence-electron chi connectivity index (χ3n) is 6.14. The predicted octanol–water partition coefficient (Wildman–Crippen LogP) is 3.90. The molecule has 1 aliphatic heterocycles. The first kappa shape index (κ1) is 18.4. The second-order valence-corrected chi connectivity index (χ2v) is 7.99. The summed E-state index contributed by atoms with van der Waals surface area (Å²) in [5.41, 5.74) is 1.70. The smallest absolute Gasteiger partial charge is 0.224 e. The molecular weight excluding hydrogens is 340 g/mol. The highest BCUT2D eigenvalue weighted by Crippen LogP contribution is 2.27. The summed E-state index contributed by atoms with van der Waals surface area (Å²) in [7, 11) is 1.64. The van der Waals surface area contributed by atoms with Crippen molar-refractivity contribution in [1.29, 1.82) is 0 Å². The maximum absolute atomic E-state index is 12.6. The van der Waals surface area contributed by atoms with E-state index in [0.29, 0.717) is 6.42 Å². The summed E-state index contributed by atoms with van der Waals surface area (Å²) in [6.07, 6.45) is 11.2. The molecule has 0 spiro atoms. The van der Waals surface area contributed by atoms with Gasteiger partial charge in [0.05, 0.1) is 19.8 Å². The van der Waals surface area contributed by atoms with E-state index < -0.39 is 0 Å². The van der Waals surface area contributed by atoms with Crippen LogP contribution in [0.25, 0.3) is 11.0 Å². The fraction of sp³-hybridized carbons (Fsp3) is 0.591. The minimum atomic E-state index is 0.0845. The molecule has 5 heteroatoms. The van der Waals surface area contributed by atoms with Gasteiger partial charge >= 0.3 is 0 Å². The average Bonchev–Trinajstić information content (AvgIpc) is 3.19. The summed E-state index contributed by atoms with van der Waals surface area (Å²) in [5.74, 6) is 0.846. The number of furan rings is 1. The van der Waals surface area contributed by atoms with Crippen LogP contribution >= 0.6 is 0 Å². The van der Waals surface area contributed by atoms with Crippen LogP contribution in [0.1, 0.15) is 50.5 Å². The van der Waals surface area contributed by atoms with Gasteiger partial charge in [-0.3, -0.25) is 9.69 Å². The van der Waals surface area contributed by atoms with Gasteiger partial charge in [-0.2, -0.15) is 0 Å².